The van der Waals surface area contributed by atoms with Crippen LogP contribution in [0.25, 0.3) is 0 Å². The number of carbonyl (C=O) groups excluding carboxylic acids is 1. The van der Waals surface area contributed by atoms with Crippen LogP contribution in [0.15, 0.2) is 41.4 Å². The largest absolute Gasteiger partial charge is 0.495 e. The highest BCUT2D eigenvalue weighted by molar-refractivity contribution is 6.17. The molecule has 1 aliphatic rings. The SMILES string of the molecule is COc1cc(N=C2C=CC(=O)C=C2)c(N)cc1N. The van der Waals surface area contributed by atoms with E-state index in [0.29, 0.717) is 28.5 Å². The zero-order valence-electron chi connectivity index (χ0n) is 9.88. The minimum absolute atomic E-state index is 0.0585. The molecule has 0 fully saturated rings. The van der Waals surface area contributed by atoms with Crippen LogP contribution in [0, 0.1) is 0 Å². The standard InChI is InChI=1S/C13H13N3O2/c1-18-13-7-12(10(14)6-11(13)15)16-8-2-4-9(17)5-3-8/h2-7H,14-15H2,1H3. The molecule has 0 amide bonds. The first-order chi connectivity index (χ1) is 8.60. The van der Waals surface area contributed by atoms with E-state index in [1.807, 2.05) is 0 Å². The van der Waals surface area contributed by atoms with E-state index in [-0.39, 0.29) is 5.78 Å². The summed E-state index contributed by atoms with van der Waals surface area (Å²) in [7, 11) is 1.53. The van der Waals surface area contributed by atoms with E-state index in [1.54, 1.807) is 24.3 Å². The molecule has 92 valence electrons. The van der Waals surface area contributed by atoms with Crippen LogP contribution in [0.5, 0.6) is 5.75 Å². The molecule has 0 heterocycles. The smallest absolute Gasteiger partial charge is 0.178 e. The third kappa shape index (κ3) is 2.40. The summed E-state index contributed by atoms with van der Waals surface area (Å²) in [5, 5.41) is 0. The lowest BCUT2D eigenvalue weighted by Gasteiger charge is -2.08. The molecule has 0 saturated heterocycles. The fourth-order valence-corrected chi connectivity index (χ4v) is 1.54. The molecule has 1 aromatic rings. The highest BCUT2D eigenvalue weighted by Gasteiger charge is 2.07. The number of allylic oxidation sites excluding steroid dienone is 4. The van der Waals surface area contributed by atoms with Gasteiger partial charge in [-0.1, -0.05) is 0 Å². The van der Waals surface area contributed by atoms with E-state index in [4.69, 9.17) is 16.2 Å². The number of carbonyl (C=O) groups is 1. The van der Waals surface area contributed by atoms with Crippen LogP contribution >= 0.6 is 0 Å². The molecule has 5 heteroatoms. The van der Waals surface area contributed by atoms with Crippen LogP contribution in [0.2, 0.25) is 0 Å². The van der Waals surface area contributed by atoms with Crippen molar-refractivity contribution >= 4 is 28.6 Å². The molecule has 5 nitrogen and oxygen atoms in total. The van der Waals surface area contributed by atoms with Crippen molar-refractivity contribution in [3.8, 4) is 5.75 Å². The number of ketones is 1. The van der Waals surface area contributed by atoms with Gasteiger partial charge in [-0.25, -0.2) is 4.99 Å². The van der Waals surface area contributed by atoms with Crippen LogP contribution in [-0.2, 0) is 4.79 Å². The number of anilines is 2. The van der Waals surface area contributed by atoms with E-state index >= 15 is 0 Å². The Morgan fingerprint density at radius 1 is 1.06 bits per heavy atom. The number of ether oxygens (including phenoxy) is 1. The molecule has 0 aromatic heterocycles. The van der Waals surface area contributed by atoms with Gasteiger partial charge < -0.3 is 16.2 Å². The second-order valence-electron chi connectivity index (χ2n) is 3.76. The van der Waals surface area contributed by atoms with Crippen LogP contribution in [0.3, 0.4) is 0 Å². The second-order valence-corrected chi connectivity index (χ2v) is 3.76. The van der Waals surface area contributed by atoms with Gasteiger partial charge in [-0.3, -0.25) is 4.79 Å². The minimum Gasteiger partial charge on any atom is -0.495 e. The topological polar surface area (TPSA) is 90.7 Å². The van der Waals surface area contributed by atoms with E-state index in [9.17, 15) is 4.79 Å². The maximum atomic E-state index is 11.0. The lowest BCUT2D eigenvalue weighted by molar-refractivity contribution is -0.110. The molecule has 0 bridgehead atoms. The van der Waals surface area contributed by atoms with Crippen molar-refractivity contribution in [1.82, 2.24) is 0 Å². The van der Waals surface area contributed by atoms with Crippen LogP contribution in [0.4, 0.5) is 17.1 Å². The molecule has 2 rings (SSSR count). The van der Waals surface area contributed by atoms with E-state index in [1.165, 1.54) is 19.3 Å². The third-order valence-corrected chi connectivity index (χ3v) is 2.47. The minimum atomic E-state index is -0.0585. The summed E-state index contributed by atoms with van der Waals surface area (Å²) in [6.07, 6.45) is 6.16. The lowest BCUT2D eigenvalue weighted by Crippen LogP contribution is -2.00. The van der Waals surface area contributed by atoms with Crippen molar-refractivity contribution in [2.24, 2.45) is 4.99 Å². The van der Waals surface area contributed by atoms with Crippen LogP contribution < -0.4 is 16.2 Å². The van der Waals surface area contributed by atoms with Crippen molar-refractivity contribution in [2.45, 2.75) is 0 Å². The summed E-state index contributed by atoms with van der Waals surface area (Å²) < 4.78 is 5.11. The Hall–Kier alpha value is -2.56. The number of benzene rings is 1. The molecule has 4 N–H and O–H groups in total. The van der Waals surface area contributed by atoms with Crippen molar-refractivity contribution in [2.75, 3.05) is 18.6 Å². The summed E-state index contributed by atoms with van der Waals surface area (Å²) in [4.78, 5) is 15.3. The first-order valence-corrected chi connectivity index (χ1v) is 5.32. The van der Waals surface area contributed by atoms with Gasteiger partial charge in [0, 0.05) is 6.07 Å². The molecule has 1 aliphatic carbocycles. The van der Waals surface area contributed by atoms with Crippen molar-refractivity contribution in [3.63, 3.8) is 0 Å². The molecule has 1 aromatic carbocycles. The Bertz CT molecular complexity index is 568. The Morgan fingerprint density at radius 2 is 1.72 bits per heavy atom. The number of hydrogen-bond donors (Lipinski definition) is 2. The van der Waals surface area contributed by atoms with E-state index in [0.717, 1.165) is 0 Å². The number of aliphatic imine (C=N–C) groups is 1. The summed E-state index contributed by atoms with van der Waals surface area (Å²) in [5.41, 5.74) is 13.7. The molecule has 0 radical (unpaired) electrons. The lowest BCUT2D eigenvalue weighted by atomic mass is 10.1. The van der Waals surface area contributed by atoms with Gasteiger partial charge in [0.1, 0.15) is 5.75 Å². The molecular weight excluding hydrogens is 230 g/mol. The molecule has 0 unspecified atom stereocenters. The van der Waals surface area contributed by atoms with E-state index < -0.39 is 0 Å². The first kappa shape index (κ1) is 11.9. The quantitative estimate of drug-likeness (QED) is 0.610. The summed E-state index contributed by atoms with van der Waals surface area (Å²) >= 11 is 0. The number of nitrogen functional groups attached to an aromatic ring is 2. The summed E-state index contributed by atoms with van der Waals surface area (Å²) in [6, 6.07) is 3.26. The normalized spacial score (nSPS) is 13.8. The summed E-state index contributed by atoms with van der Waals surface area (Å²) in [5.74, 6) is 0.459. The highest BCUT2D eigenvalue weighted by Crippen LogP contribution is 2.33. The monoisotopic (exact) mass is 243 g/mol. The fraction of sp³-hybridized carbons (Fsp3) is 0.0769. The van der Waals surface area contributed by atoms with Gasteiger partial charge >= 0.3 is 0 Å². The van der Waals surface area contributed by atoms with Gasteiger partial charge in [-0.2, -0.15) is 0 Å². The number of methoxy groups -OCH3 is 1. The fourth-order valence-electron chi connectivity index (χ4n) is 1.54. The maximum absolute atomic E-state index is 11.0. The Balaban J connectivity index is 2.40. The molecule has 0 spiro atoms. The maximum Gasteiger partial charge on any atom is 0.178 e. The average molecular weight is 243 g/mol. The Morgan fingerprint density at radius 3 is 2.33 bits per heavy atom. The number of hydrogen-bond acceptors (Lipinski definition) is 5. The molecule has 0 aliphatic heterocycles. The second kappa shape index (κ2) is 4.75. The molecule has 18 heavy (non-hydrogen) atoms. The van der Waals surface area contributed by atoms with Gasteiger partial charge in [0.15, 0.2) is 5.78 Å². The zero-order chi connectivity index (χ0) is 13.1. The van der Waals surface area contributed by atoms with Gasteiger partial charge in [-0.15, -0.1) is 0 Å². The van der Waals surface area contributed by atoms with Gasteiger partial charge in [0.05, 0.1) is 29.9 Å². The Kier molecular flexibility index (Phi) is 3.14. The Labute approximate surface area is 104 Å². The predicted molar refractivity (Wildman–Crippen MR) is 72.2 cm³/mol. The van der Waals surface area contributed by atoms with Crippen LogP contribution in [0.1, 0.15) is 0 Å². The molecule has 0 atom stereocenters. The third-order valence-electron chi connectivity index (χ3n) is 2.47. The number of rotatable bonds is 2. The number of nitrogens with two attached hydrogens (primary N) is 2. The number of nitrogens with zero attached hydrogens (tertiary/aromatic N) is 1. The molecule has 0 saturated carbocycles. The van der Waals surface area contributed by atoms with Gasteiger partial charge in [-0.05, 0) is 30.4 Å². The van der Waals surface area contributed by atoms with Crippen molar-refractivity contribution < 1.29 is 9.53 Å². The van der Waals surface area contributed by atoms with Crippen molar-refractivity contribution in [1.29, 1.82) is 0 Å². The molecular formula is C13H13N3O2. The van der Waals surface area contributed by atoms with Crippen LogP contribution in [-0.4, -0.2) is 18.6 Å². The van der Waals surface area contributed by atoms with Gasteiger partial charge in [0.2, 0.25) is 0 Å². The average Bonchev–Trinajstić information content (AvgIpc) is 2.35. The first-order valence-electron chi connectivity index (χ1n) is 5.32. The zero-order valence-corrected chi connectivity index (χ0v) is 9.88. The highest BCUT2D eigenvalue weighted by atomic mass is 16.5. The summed E-state index contributed by atoms with van der Waals surface area (Å²) in [6.45, 7) is 0. The van der Waals surface area contributed by atoms with Crippen molar-refractivity contribution in [3.05, 3.63) is 36.4 Å². The van der Waals surface area contributed by atoms with Gasteiger partial charge in [0.25, 0.3) is 0 Å². The predicted octanol–water partition coefficient (Wildman–Crippen LogP) is 1.63. The van der Waals surface area contributed by atoms with E-state index in [2.05, 4.69) is 4.99 Å².